The summed E-state index contributed by atoms with van der Waals surface area (Å²) in [5.74, 6) is 0.745. The van der Waals surface area contributed by atoms with E-state index in [0.717, 1.165) is 5.75 Å². The lowest BCUT2D eigenvalue weighted by atomic mass is 10.3. The van der Waals surface area contributed by atoms with Crippen molar-refractivity contribution in [3.05, 3.63) is 24.3 Å². The van der Waals surface area contributed by atoms with Crippen LogP contribution in [0.2, 0.25) is 0 Å². The number of nitrogens with one attached hydrogen (secondary N) is 1. The van der Waals surface area contributed by atoms with Crippen LogP contribution in [0.3, 0.4) is 0 Å². The van der Waals surface area contributed by atoms with Crippen molar-refractivity contribution in [1.29, 1.82) is 4.78 Å². The van der Waals surface area contributed by atoms with Crippen molar-refractivity contribution in [2.24, 2.45) is 0 Å². The van der Waals surface area contributed by atoms with E-state index in [1.165, 1.54) is 6.26 Å². The Kier molecular flexibility index (Phi) is 2.93. The predicted molar refractivity (Wildman–Crippen MR) is 52.7 cm³/mol. The first-order valence-electron chi connectivity index (χ1n) is 4.00. The van der Waals surface area contributed by atoms with Gasteiger partial charge in [-0.15, -0.1) is 0 Å². The van der Waals surface area contributed by atoms with E-state index in [2.05, 4.69) is 0 Å². The van der Waals surface area contributed by atoms with Gasteiger partial charge in [0.25, 0.3) is 0 Å². The summed E-state index contributed by atoms with van der Waals surface area (Å²) >= 11 is 0. The molecule has 0 fully saturated rings. The van der Waals surface area contributed by atoms with Gasteiger partial charge < -0.3 is 4.74 Å². The molecule has 1 atom stereocenters. The van der Waals surface area contributed by atoms with Crippen LogP contribution in [0.5, 0.6) is 5.75 Å². The number of ether oxygens (including phenoxy) is 1. The van der Waals surface area contributed by atoms with Gasteiger partial charge in [-0.05, 0) is 31.2 Å². The number of benzene rings is 1. The molecule has 4 heteroatoms. The van der Waals surface area contributed by atoms with E-state index in [9.17, 15) is 4.21 Å². The van der Waals surface area contributed by atoms with Gasteiger partial charge in [0.15, 0.2) is 0 Å². The molecule has 0 aliphatic carbocycles. The monoisotopic (exact) mass is 199 g/mol. The van der Waals surface area contributed by atoms with Gasteiger partial charge in [-0.2, -0.15) is 0 Å². The summed E-state index contributed by atoms with van der Waals surface area (Å²) in [6, 6.07) is 6.80. The Morgan fingerprint density at radius 1 is 1.38 bits per heavy atom. The molecule has 0 amide bonds. The Labute approximate surface area is 78.7 Å². The highest BCUT2D eigenvalue weighted by atomic mass is 32.2. The summed E-state index contributed by atoms with van der Waals surface area (Å²) in [6.07, 6.45) is 1.41. The summed E-state index contributed by atoms with van der Waals surface area (Å²) in [6.45, 7) is 2.52. The normalized spacial score (nSPS) is 14.9. The number of hydrogen-bond donors (Lipinski definition) is 1. The standard InChI is InChI=1S/C9H13NO2S/c1-3-12-8-4-6-9(7-5-8)13(2,10)11/h4-7,10H,3H2,1-2H3. The molecule has 0 saturated carbocycles. The van der Waals surface area contributed by atoms with Gasteiger partial charge in [0.1, 0.15) is 5.75 Å². The van der Waals surface area contributed by atoms with Crippen LogP contribution in [-0.2, 0) is 9.73 Å². The molecular formula is C9H13NO2S. The molecule has 1 N–H and O–H groups in total. The van der Waals surface area contributed by atoms with Gasteiger partial charge >= 0.3 is 0 Å². The zero-order valence-corrected chi connectivity index (χ0v) is 8.56. The molecule has 1 aromatic carbocycles. The molecule has 0 aromatic heterocycles. The van der Waals surface area contributed by atoms with Crippen LogP contribution in [0.1, 0.15) is 6.92 Å². The molecule has 72 valence electrons. The fraction of sp³-hybridized carbons (Fsp3) is 0.333. The van der Waals surface area contributed by atoms with E-state index in [1.807, 2.05) is 6.92 Å². The molecule has 3 nitrogen and oxygen atoms in total. The topological polar surface area (TPSA) is 50.1 Å². The lowest BCUT2D eigenvalue weighted by Crippen LogP contribution is -1.95. The predicted octanol–water partition coefficient (Wildman–Crippen LogP) is 2.12. The third-order valence-electron chi connectivity index (χ3n) is 1.58. The van der Waals surface area contributed by atoms with E-state index < -0.39 is 9.73 Å². The van der Waals surface area contributed by atoms with Gasteiger partial charge in [-0.25, -0.2) is 8.99 Å². The first-order chi connectivity index (χ1) is 6.04. The minimum atomic E-state index is -2.59. The smallest absolute Gasteiger partial charge is 0.119 e. The Bertz CT molecular complexity index is 367. The van der Waals surface area contributed by atoms with Crippen LogP contribution < -0.4 is 4.74 Å². The van der Waals surface area contributed by atoms with E-state index in [4.69, 9.17) is 9.52 Å². The zero-order chi connectivity index (χ0) is 9.90. The van der Waals surface area contributed by atoms with Crippen molar-refractivity contribution in [3.63, 3.8) is 0 Å². The maximum absolute atomic E-state index is 11.3. The Hall–Kier alpha value is -1.03. The molecule has 13 heavy (non-hydrogen) atoms. The van der Waals surface area contributed by atoms with Gasteiger partial charge in [0.05, 0.1) is 16.3 Å². The van der Waals surface area contributed by atoms with Crippen molar-refractivity contribution in [2.45, 2.75) is 11.8 Å². The van der Waals surface area contributed by atoms with E-state index in [-0.39, 0.29) is 0 Å². The molecular weight excluding hydrogens is 186 g/mol. The van der Waals surface area contributed by atoms with Gasteiger partial charge in [-0.3, -0.25) is 0 Å². The van der Waals surface area contributed by atoms with Gasteiger partial charge in [0.2, 0.25) is 0 Å². The summed E-state index contributed by atoms with van der Waals surface area (Å²) in [5, 5.41) is 0. The lowest BCUT2D eigenvalue weighted by Gasteiger charge is -2.04. The van der Waals surface area contributed by atoms with Crippen LogP contribution in [0.4, 0.5) is 0 Å². The third kappa shape index (κ3) is 2.73. The third-order valence-corrected chi connectivity index (χ3v) is 2.76. The maximum atomic E-state index is 11.3. The molecule has 0 spiro atoms. The van der Waals surface area contributed by atoms with Crippen LogP contribution in [0.25, 0.3) is 0 Å². The molecule has 0 radical (unpaired) electrons. The summed E-state index contributed by atoms with van der Waals surface area (Å²) in [7, 11) is -2.59. The molecule has 1 unspecified atom stereocenters. The average Bonchev–Trinajstić information content (AvgIpc) is 2.04. The Morgan fingerprint density at radius 3 is 2.31 bits per heavy atom. The van der Waals surface area contributed by atoms with Gasteiger partial charge in [0, 0.05) is 11.2 Å². The molecule has 0 bridgehead atoms. The highest BCUT2D eigenvalue weighted by Gasteiger charge is 2.02. The molecule has 0 aliphatic heterocycles. The molecule has 1 aromatic rings. The quantitative estimate of drug-likeness (QED) is 0.810. The molecule has 0 heterocycles. The summed E-state index contributed by atoms with van der Waals surface area (Å²) in [4.78, 5) is 0.538. The van der Waals surface area contributed by atoms with Crippen LogP contribution in [0.15, 0.2) is 29.2 Å². The van der Waals surface area contributed by atoms with E-state index in [0.29, 0.717) is 11.5 Å². The summed E-state index contributed by atoms with van der Waals surface area (Å²) < 4.78 is 23.8. The minimum absolute atomic E-state index is 0.538. The second-order valence-electron chi connectivity index (χ2n) is 2.75. The van der Waals surface area contributed by atoms with Crippen molar-refractivity contribution in [3.8, 4) is 5.75 Å². The lowest BCUT2D eigenvalue weighted by molar-refractivity contribution is 0.340. The van der Waals surface area contributed by atoms with Crippen molar-refractivity contribution in [1.82, 2.24) is 0 Å². The first-order valence-corrected chi connectivity index (χ1v) is 5.97. The minimum Gasteiger partial charge on any atom is -0.494 e. The van der Waals surface area contributed by atoms with Crippen LogP contribution >= 0.6 is 0 Å². The summed E-state index contributed by atoms with van der Waals surface area (Å²) in [5.41, 5.74) is 0. The second-order valence-corrected chi connectivity index (χ2v) is 4.91. The van der Waals surface area contributed by atoms with E-state index in [1.54, 1.807) is 24.3 Å². The number of rotatable bonds is 3. The fourth-order valence-electron chi connectivity index (χ4n) is 0.962. The molecule has 1 rings (SSSR count). The molecule has 0 aliphatic rings. The highest BCUT2D eigenvalue weighted by Crippen LogP contribution is 2.15. The van der Waals surface area contributed by atoms with E-state index >= 15 is 0 Å². The Morgan fingerprint density at radius 2 is 1.92 bits per heavy atom. The van der Waals surface area contributed by atoms with Crippen molar-refractivity contribution < 1.29 is 8.95 Å². The molecule has 0 saturated heterocycles. The second kappa shape index (κ2) is 3.79. The van der Waals surface area contributed by atoms with Crippen molar-refractivity contribution in [2.75, 3.05) is 12.9 Å². The average molecular weight is 199 g/mol. The first kappa shape index (κ1) is 10.1. The SMILES string of the molecule is CCOc1ccc(S(C)(=N)=O)cc1. The number of hydrogen-bond acceptors (Lipinski definition) is 3. The maximum Gasteiger partial charge on any atom is 0.119 e. The highest BCUT2D eigenvalue weighted by molar-refractivity contribution is 7.91. The van der Waals surface area contributed by atoms with Crippen LogP contribution in [-0.4, -0.2) is 17.1 Å². The Balaban J connectivity index is 2.94. The fourth-order valence-corrected chi connectivity index (χ4v) is 1.62. The van der Waals surface area contributed by atoms with Crippen molar-refractivity contribution >= 4 is 9.73 Å². The zero-order valence-electron chi connectivity index (χ0n) is 7.74. The van der Waals surface area contributed by atoms with Crippen LogP contribution in [0, 0.1) is 4.78 Å². The van der Waals surface area contributed by atoms with Gasteiger partial charge in [-0.1, -0.05) is 0 Å². The largest absolute Gasteiger partial charge is 0.494 e.